The second-order valence-corrected chi connectivity index (χ2v) is 8.11. The topological polar surface area (TPSA) is 87.7 Å². The Balaban J connectivity index is 1.68. The Kier molecular flexibility index (Phi) is 6.45. The van der Waals surface area contributed by atoms with Crippen LogP contribution in [0.25, 0.3) is 5.57 Å². The molecule has 172 valence electrons. The summed E-state index contributed by atoms with van der Waals surface area (Å²) >= 11 is 0. The number of hydrogen-bond donors (Lipinski definition) is 2. The quantitative estimate of drug-likeness (QED) is 0.499. The van der Waals surface area contributed by atoms with Crippen LogP contribution in [0.3, 0.4) is 0 Å². The summed E-state index contributed by atoms with van der Waals surface area (Å²) in [5, 5.41) is 5.82. The van der Waals surface area contributed by atoms with Crippen LogP contribution in [0.5, 0.6) is 5.75 Å². The highest BCUT2D eigenvalue weighted by Crippen LogP contribution is 2.34. The van der Waals surface area contributed by atoms with Gasteiger partial charge in [-0.2, -0.15) is 0 Å². The normalized spacial score (nSPS) is 13.5. The molecule has 1 heterocycles. The van der Waals surface area contributed by atoms with Crippen LogP contribution in [0.2, 0.25) is 0 Å². The molecule has 0 unspecified atom stereocenters. The van der Waals surface area contributed by atoms with Crippen LogP contribution in [0.4, 0.5) is 17.1 Å². The summed E-state index contributed by atoms with van der Waals surface area (Å²) in [7, 11) is 0. The van der Waals surface area contributed by atoms with E-state index in [4.69, 9.17) is 4.74 Å². The van der Waals surface area contributed by atoms with E-state index in [0.717, 1.165) is 4.90 Å². The monoisotopic (exact) mass is 455 g/mol. The van der Waals surface area contributed by atoms with Gasteiger partial charge in [0.05, 0.1) is 17.4 Å². The SMILES string of the molecule is CC(=O)Nc1ccc(NC2=C(c3ccccc3)C(=O)N(c3ccc(OC(C)C)cc3)C2=O)cc1. The van der Waals surface area contributed by atoms with Crippen LogP contribution in [0.1, 0.15) is 26.3 Å². The number of anilines is 3. The number of imide groups is 1. The van der Waals surface area contributed by atoms with Gasteiger partial charge in [0.1, 0.15) is 11.4 Å². The third kappa shape index (κ3) is 4.83. The molecule has 0 bridgehead atoms. The van der Waals surface area contributed by atoms with Gasteiger partial charge in [0, 0.05) is 18.3 Å². The first-order valence-electron chi connectivity index (χ1n) is 10.9. The highest BCUT2D eigenvalue weighted by Gasteiger charge is 2.40. The van der Waals surface area contributed by atoms with Gasteiger partial charge in [0.15, 0.2) is 0 Å². The van der Waals surface area contributed by atoms with Crippen LogP contribution in [-0.2, 0) is 14.4 Å². The highest BCUT2D eigenvalue weighted by molar-refractivity contribution is 6.46. The van der Waals surface area contributed by atoms with Crippen LogP contribution in [0, 0.1) is 0 Å². The second kappa shape index (κ2) is 9.62. The Morgan fingerprint density at radius 2 is 1.44 bits per heavy atom. The molecule has 1 aliphatic heterocycles. The average Bonchev–Trinajstić information content (AvgIpc) is 3.05. The van der Waals surface area contributed by atoms with Crippen molar-refractivity contribution >= 4 is 40.4 Å². The smallest absolute Gasteiger partial charge is 0.282 e. The molecule has 4 rings (SSSR count). The summed E-state index contributed by atoms with van der Waals surface area (Å²) in [4.78, 5) is 39.4. The molecule has 0 aliphatic carbocycles. The lowest BCUT2D eigenvalue weighted by Crippen LogP contribution is -2.32. The summed E-state index contributed by atoms with van der Waals surface area (Å²) in [6.45, 7) is 5.29. The van der Waals surface area contributed by atoms with Crippen LogP contribution >= 0.6 is 0 Å². The number of rotatable bonds is 7. The largest absolute Gasteiger partial charge is 0.491 e. The van der Waals surface area contributed by atoms with Crippen molar-refractivity contribution in [1.82, 2.24) is 0 Å². The number of carbonyl (C=O) groups is 3. The number of ether oxygens (including phenoxy) is 1. The van der Waals surface area contributed by atoms with E-state index in [2.05, 4.69) is 10.6 Å². The number of nitrogens with zero attached hydrogens (tertiary/aromatic N) is 1. The van der Waals surface area contributed by atoms with Gasteiger partial charge >= 0.3 is 0 Å². The van der Waals surface area contributed by atoms with E-state index >= 15 is 0 Å². The first kappa shape index (κ1) is 22.8. The lowest BCUT2D eigenvalue weighted by atomic mass is 10.0. The first-order chi connectivity index (χ1) is 16.3. The molecular formula is C27H25N3O4. The van der Waals surface area contributed by atoms with Crippen molar-refractivity contribution in [1.29, 1.82) is 0 Å². The van der Waals surface area contributed by atoms with Gasteiger partial charge in [0.2, 0.25) is 5.91 Å². The maximum absolute atomic E-state index is 13.5. The second-order valence-electron chi connectivity index (χ2n) is 8.11. The Labute approximate surface area is 198 Å². The van der Waals surface area contributed by atoms with Crippen molar-refractivity contribution in [3.05, 3.63) is 90.1 Å². The number of hydrogen-bond acceptors (Lipinski definition) is 5. The van der Waals surface area contributed by atoms with Crippen molar-refractivity contribution in [3.8, 4) is 5.75 Å². The van der Waals surface area contributed by atoms with Crippen molar-refractivity contribution in [2.75, 3.05) is 15.5 Å². The van der Waals surface area contributed by atoms with E-state index in [-0.39, 0.29) is 17.7 Å². The summed E-state index contributed by atoms with van der Waals surface area (Å²) < 4.78 is 5.67. The number of amides is 3. The molecular weight excluding hydrogens is 430 g/mol. The molecule has 0 atom stereocenters. The Morgan fingerprint density at radius 3 is 2.03 bits per heavy atom. The highest BCUT2D eigenvalue weighted by atomic mass is 16.5. The average molecular weight is 456 g/mol. The summed E-state index contributed by atoms with van der Waals surface area (Å²) in [5.41, 5.74) is 2.82. The van der Waals surface area contributed by atoms with Crippen LogP contribution < -0.4 is 20.3 Å². The Hall–Kier alpha value is -4.39. The Morgan fingerprint density at radius 1 is 0.824 bits per heavy atom. The van der Waals surface area contributed by atoms with Gasteiger partial charge in [-0.25, -0.2) is 4.90 Å². The molecule has 0 saturated carbocycles. The minimum absolute atomic E-state index is 0.0140. The standard InChI is InChI=1S/C27H25N3O4/c1-17(2)34-23-15-13-22(14-16-23)30-26(32)24(19-7-5-4-6-8-19)25(27(30)33)29-21-11-9-20(10-12-21)28-18(3)31/h4-17,29H,1-3H3,(H,28,31). The van der Waals surface area contributed by atoms with E-state index in [1.807, 2.05) is 32.0 Å². The van der Waals surface area contributed by atoms with Gasteiger partial charge in [-0.05, 0) is 67.9 Å². The van der Waals surface area contributed by atoms with Crippen LogP contribution in [-0.4, -0.2) is 23.8 Å². The summed E-state index contributed by atoms with van der Waals surface area (Å²) in [5.74, 6) is -0.378. The van der Waals surface area contributed by atoms with E-state index in [1.165, 1.54) is 6.92 Å². The first-order valence-corrected chi connectivity index (χ1v) is 10.9. The fourth-order valence-electron chi connectivity index (χ4n) is 3.68. The fraction of sp³-hybridized carbons (Fsp3) is 0.148. The lowest BCUT2D eigenvalue weighted by Gasteiger charge is -2.17. The van der Waals surface area contributed by atoms with Gasteiger partial charge in [-0.15, -0.1) is 0 Å². The molecule has 34 heavy (non-hydrogen) atoms. The number of carbonyl (C=O) groups excluding carboxylic acids is 3. The van der Waals surface area contributed by atoms with E-state index in [9.17, 15) is 14.4 Å². The summed E-state index contributed by atoms with van der Waals surface area (Å²) in [6, 6.07) is 22.9. The third-order valence-corrected chi connectivity index (χ3v) is 5.09. The molecule has 0 fully saturated rings. The summed E-state index contributed by atoms with van der Waals surface area (Å²) in [6.07, 6.45) is 0.0140. The molecule has 1 aliphatic rings. The molecule has 0 spiro atoms. The molecule has 0 aromatic heterocycles. The van der Waals surface area contributed by atoms with Gasteiger partial charge < -0.3 is 15.4 Å². The predicted octanol–water partition coefficient (Wildman–Crippen LogP) is 4.83. The zero-order valence-corrected chi connectivity index (χ0v) is 19.2. The van der Waals surface area contributed by atoms with Gasteiger partial charge in [-0.1, -0.05) is 30.3 Å². The number of nitrogens with one attached hydrogen (secondary N) is 2. The van der Waals surface area contributed by atoms with E-state index < -0.39 is 11.8 Å². The molecule has 3 amide bonds. The van der Waals surface area contributed by atoms with Gasteiger partial charge in [0.25, 0.3) is 11.8 Å². The lowest BCUT2D eigenvalue weighted by molar-refractivity contribution is -0.120. The zero-order chi connectivity index (χ0) is 24.2. The maximum atomic E-state index is 13.5. The molecule has 3 aromatic rings. The van der Waals surface area contributed by atoms with E-state index in [1.54, 1.807) is 60.7 Å². The van der Waals surface area contributed by atoms with Crippen molar-refractivity contribution in [2.24, 2.45) is 0 Å². The molecule has 0 saturated heterocycles. The van der Waals surface area contributed by atoms with Gasteiger partial charge in [-0.3, -0.25) is 14.4 Å². The van der Waals surface area contributed by atoms with Crippen molar-refractivity contribution in [2.45, 2.75) is 26.9 Å². The van der Waals surface area contributed by atoms with Crippen molar-refractivity contribution in [3.63, 3.8) is 0 Å². The molecule has 7 nitrogen and oxygen atoms in total. The Bertz CT molecular complexity index is 1250. The molecule has 0 radical (unpaired) electrons. The van der Waals surface area contributed by atoms with Crippen molar-refractivity contribution < 1.29 is 19.1 Å². The maximum Gasteiger partial charge on any atom is 0.282 e. The fourth-order valence-corrected chi connectivity index (χ4v) is 3.68. The predicted molar refractivity (Wildman–Crippen MR) is 132 cm³/mol. The van der Waals surface area contributed by atoms with Crippen LogP contribution in [0.15, 0.2) is 84.6 Å². The molecule has 2 N–H and O–H groups in total. The van der Waals surface area contributed by atoms with E-state index in [0.29, 0.717) is 33.9 Å². The minimum atomic E-state index is -0.452. The third-order valence-electron chi connectivity index (χ3n) is 5.09. The molecule has 7 heteroatoms. The minimum Gasteiger partial charge on any atom is -0.491 e. The zero-order valence-electron chi connectivity index (χ0n) is 19.2. The molecule has 3 aromatic carbocycles. The number of benzene rings is 3.